The molecule has 1 aromatic carbocycles. The van der Waals surface area contributed by atoms with Crippen LogP contribution in [-0.4, -0.2) is 16.0 Å². The molecule has 2 aromatic rings. The van der Waals surface area contributed by atoms with Crippen molar-refractivity contribution in [2.75, 3.05) is 0 Å². The maximum absolute atomic E-state index is 13.9. The minimum absolute atomic E-state index is 0.0343. The molecule has 0 aliphatic carbocycles. The molecule has 0 spiro atoms. The molecule has 2 N–H and O–H groups in total. The Kier molecular flexibility index (Phi) is 4.87. The second-order valence-corrected chi connectivity index (χ2v) is 5.23. The summed E-state index contributed by atoms with van der Waals surface area (Å²) in [7, 11) is 0. The summed E-state index contributed by atoms with van der Waals surface area (Å²) in [5, 5.41) is 0.611. The first-order valence-corrected chi connectivity index (χ1v) is 7.00. The second kappa shape index (κ2) is 6.63. The minimum Gasteiger partial charge on any atom is -0.327 e. The van der Waals surface area contributed by atoms with Crippen LogP contribution in [0.2, 0.25) is 0 Å². The summed E-state index contributed by atoms with van der Waals surface area (Å²) in [6.45, 7) is 2.00. The lowest BCUT2D eigenvalue weighted by atomic mass is 10.0. The molecule has 1 atom stereocenters. The zero-order valence-electron chi connectivity index (χ0n) is 10.7. The van der Waals surface area contributed by atoms with E-state index in [1.54, 1.807) is 24.5 Å². The predicted molar refractivity (Wildman–Crippen MR) is 74.5 cm³/mol. The lowest BCUT2D eigenvalue weighted by Gasteiger charge is -2.13. The van der Waals surface area contributed by atoms with Gasteiger partial charge in [-0.1, -0.05) is 13.0 Å². The Bertz CT molecular complexity index is 533. The van der Waals surface area contributed by atoms with Crippen molar-refractivity contribution in [3.05, 3.63) is 48.0 Å². The predicted octanol–water partition coefficient (Wildman–Crippen LogP) is 3.05. The van der Waals surface area contributed by atoms with Gasteiger partial charge in [-0.2, -0.15) is 0 Å². The van der Waals surface area contributed by atoms with Crippen LogP contribution in [-0.2, 0) is 6.42 Å². The fourth-order valence-electron chi connectivity index (χ4n) is 1.68. The van der Waals surface area contributed by atoms with Gasteiger partial charge in [-0.15, -0.1) is 0 Å². The third-order valence-electron chi connectivity index (χ3n) is 2.81. The van der Waals surface area contributed by atoms with Crippen LogP contribution >= 0.6 is 11.8 Å². The average Bonchev–Trinajstić information content (AvgIpc) is 2.43. The highest BCUT2D eigenvalue weighted by atomic mass is 32.2. The Morgan fingerprint density at radius 3 is 2.68 bits per heavy atom. The van der Waals surface area contributed by atoms with Gasteiger partial charge in [0, 0.05) is 28.9 Å². The molecule has 0 aliphatic rings. The number of benzene rings is 1. The van der Waals surface area contributed by atoms with Crippen LogP contribution in [0.1, 0.15) is 18.9 Å². The number of halogens is 1. The van der Waals surface area contributed by atoms with E-state index in [4.69, 9.17) is 5.73 Å². The molecule has 0 saturated heterocycles. The lowest BCUT2D eigenvalue weighted by Crippen LogP contribution is -2.22. The van der Waals surface area contributed by atoms with E-state index in [-0.39, 0.29) is 11.9 Å². The van der Waals surface area contributed by atoms with Gasteiger partial charge in [0.1, 0.15) is 5.82 Å². The second-order valence-electron chi connectivity index (χ2n) is 4.22. The minimum atomic E-state index is -0.218. The monoisotopic (exact) mass is 277 g/mol. The maximum Gasteiger partial charge on any atom is 0.192 e. The highest BCUT2D eigenvalue weighted by Crippen LogP contribution is 2.30. The van der Waals surface area contributed by atoms with Crippen molar-refractivity contribution in [1.82, 2.24) is 9.97 Å². The van der Waals surface area contributed by atoms with E-state index >= 15 is 0 Å². The quantitative estimate of drug-likeness (QED) is 0.853. The Morgan fingerprint density at radius 1 is 1.26 bits per heavy atom. The summed E-state index contributed by atoms with van der Waals surface area (Å²) in [5.74, 6) is -0.218. The molecule has 1 unspecified atom stereocenters. The molecular formula is C14H16FN3S. The lowest BCUT2D eigenvalue weighted by molar-refractivity contribution is 0.571. The van der Waals surface area contributed by atoms with E-state index in [0.29, 0.717) is 17.1 Å². The van der Waals surface area contributed by atoms with Gasteiger partial charge in [-0.3, -0.25) is 0 Å². The van der Waals surface area contributed by atoms with Gasteiger partial charge in [0.05, 0.1) is 0 Å². The first-order chi connectivity index (χ1) is 9.20. The molecule has 2 rings (SSSR count). The number of nitrogens with two attached hydrogens (primary N) is 1. The van der Waals surface area contributed by atoms with Crippen LogP contribution in [0.25, 0.3) is 0 Å². The smallest absolute Gasteiger partial charge is 0.192 e. The van der Waals surface area contributed by atoms with E-state index in [2.05, 4.69) is 9.97 Å². The molecule has 5 heteroatoms. The van der Waals surface area contributed by atoms with Crippen molar-refractivity contribution in [2.45, 2.75) is 35.9 Å². The van der Waals surface area contributed by atoms with Crippen molar-refractivity contribution in [2.24, 2.45) is 5.73 Å². The molecule has 0 bridgehead atoms. The van der Waals surface area contributed by atoms with Crippen LogP contribution in [0.3, 0.4) is 0 Å². The van der Waals surface area contributed by atoms with Gasteiger partial charge in [0.2, 0.25) is 0 Å². The van der Waals surface area contributed by atoms with E-state index < -0.39 is 0 Å². The number of hydrogen-bond acceptors (Lipinski definition) is 4. The third-order valence-corrected chi connectivity index (χ3v) is 3.81. The van der Waals surface area contributed by atoms with E-state index in [1.807, 2.05) is 13.0 Å². The molecule has 19 heavy (non-hydrogen) atoms. The summed E-state index contributed by atoms with van der Waals surface area (Å²) in [4.78, 5) is 9.11. The maximum atomic E-state index is 13.9. The van der Waals surface area contributed by atoms with Gasteiger partial charge in [-0.25, -0.2) is 14.4 Å². The van der Waals surface area contributed by atoms with Crippen LogP contribution in [0.15, 0.2) is 46.7 Å². The van der Waals surface area contributed by atoms with Crippen molar-refractivity contribution in [1.29, 1.82) is 0 Å². The molecule has 0 fully saturated rings. The zero-order valence-corrected chi connectivity index (χ0v) is 11.5. The third kappa shape index (κ3) is 3.75. The molecule has 3 nitrogen and oxygen atoms in total. The fourth-order valence-corrected chi connectivity index (χ4v) is 2.55. The van der Waals surface area contributed by atoms with E-state index in [0.717, 1.165) is 11.3 Å². The fraction of sp³-hybridized carbons (Fsp3) is 0.286. The Balaban J connectivity index is 2.27. The SMILES string of the molecule is CCC(N)Cc1c(F)cccc1Sc1ncccn1. The summed E-state index contributed by atoms with van der Waals surface area (Å²) in [6, 6.07) is 6.76. The highest BCUT2D eigenvalue weighted by molar-refractivity contribution is 7.99. The zero-order chi connectivity index (χ0) is 13.7. The molecule has 0 aliphatic heterocycles. The number of hydrogen-bond donors (Lipinski definition) is 1. The molecule has 0 saturated carbocycles. The van der Waals surface area contributed by atoms with Gasteiger partial charge < -0.3 is 5.73 Å². The van der Waals surface area contributed by atoms with Gasteiger partial charge >= 0.3 is 0 Å². The Morgan fingerprint density at radius 2 is 2.00 bits per heavy atom. The van der Waals surface area contributed by atoms with Crippen molar-refractivity contribution < 1.29 is 4.39 Å². The van der Waals surface area contributed by atoms with Gasteiger partial charge in [0.25, 0.3) is 0 Å². The molecule has 0 amide bonds. The van der Waals surface area contributed by atoms with Crippen molar-refractivity contribution in [3.63, 3.8) is 0 Å². The van der Waals surface area contributed by atoms with Crippen molar-refractivity contribution >= 4 is 11.8 Å². The topological polar surface area (TPSA) is 51.8 Å². The average molecular weight is 277 g/mol. The largest absolute Gasteiger partial charge is 0.327 e. The van der Waals surface area contributed by atoms with Crippen LogP contribution in [0.4, 0.5) is 4.39 Å². The van der Waals surface area contributed by atoms with Gasteiger partial charge in [0.15, 0.2) is 5.16 Å². The van der Waals surface area contributed by atoms with Gasteiger partial charge in [-0.05, 0) is 42.8 Å². The summed E-state index contributed by atoms with van der Waals surface area (Å²) < 4.78 is 13.9. The Hall–Kier alpha value is -1.46. The van der Waals surface area contributed by atoms with Crippen LogP contribution in [0.5, 0.6) is 0 Å². The number of nitrogens with zero attached hydrogens (tertiary/aromatic N) is 2. The first-order valence-electron chi connectivity index (χ1n) is 6.18. The molecular weight excluding hydrogens is 261 g/mol. The standard InChI is InChI=1S/C14H16FN3S/c1-2-10(16)9-11-12(15)5-3-6-13(11)19-14-17-7-4-8-18-14/h3-8,10H,2,9,16H2,1H3. The highest BCUT2D eigenvalue weighted by Gasteiger charge is 2.13. The molecule has 0 radical (unpaired) electrons. The van der Waals surface area contributed by atoms with Crippen LogP contribution in [0, 0.1) is 5.82 Å². The molecule has 1 aromatic heterocycles. The number of aromatic nitrogens is 2. The van der Waals surface area contributed by atoms with E-state index in [9.17, 15) is 4.39 Å². The molecule has 1 heterocycles. The first kappa shape index (κ1) is 14.0. The molecule has 100 valence electrons. The van der Waals surface area contributed by atoms with Crippen LogP contribution < -0.4 is 5.73 Å². The number of rotatable bonds is 5. The summed E-state index contributed by atoms with van der Waals surface area (Å²) in [6.07, 6.45) is 4.69. The normalized spacial score (nSPS) is 12.4. The summed E-state index contributed by atoms with van der Waals surface area (Å²) >= 11 is 1.36. The van der Waals surface area contributed by atoms with Crippen molar-refractivity contribution in [3.8, 4) is 0 Å². The Labute approximate surface area is 116 Å². The summed E-state index contributed by atoms with van der Waals surface area (Å²) in [5.41, 5.74) is 6.58. The van der Waals surface area contributed by atoms with E-state index in [1.165, 1.54) is 17.8 Å².